The highest BCUT2D eigenvalue weighted by Crippen LogP contribution is 2.52. The number of aryl methyl sites for hydroxylation is 1. The molecule has 164 valence electrons. The summed E-state index contributed by atoms with van der Waals surface area (Å²) in [7, 11) is -3.85. The molecule has 1 saturated carbocycles. The van der Waals surface area contributed by atoms with Crippen LogP contribution in [0.1, 0.15) is 42.2 Å². The number of sulfonamides is 1. The summed E-state index contributed by atoms with van der Waals surface area (Å²) in [6, 6.07) is 8.48. The number of H-pyrrole nitrogens is 1. The zero-order valence-corrected chi connectivity index (χ0v) is 18.0. The standard InChI is InChI=1S/C22H24FN3O4S/c1-14-6-8-18-16(7-9-20(27)24-18)21(28)26(14)15-10-22(11-15)12-25(13-22)31(29,30)19-5-3-2-4-17(19)23/h2-5,7,9,14-15H,6,8,10-13H2,1H3,(H,24,27). The lowest BCUT2D eigenvalue weighted by atomic mass is 9.61. The van der Waals surface area contributed by atoms with Gasteiger partial charge in [-0.1, -0.05) is 12.1 Å². The van der Waals surface area contributed by atoms with Gasteiger partial charge in [-0.15, -0.1) is 0 Å². The number of hydrogen-bond donors (Lipinski definition) is 1. The minimum Gasteiger partial charge on any atom is -0.333 e. The minimum atomic E-state index is -3.85. The first kappa shape index (κ1) is 20.4. The molecule has 1 spiro atoms. The number of nitrogens with one attached hydrogen (secondary N) is 1. The fourth-order valence-electron chi connectivity index (χ4n) is 5.33. The van der Waals surface area contributed by atoms with Crippen molar-refractivity contribution in [2.45, 2.75) is 49.6 Å². The molecule has 1 N–H and O–H groups in total. The van der Waals surface area contributed by atoms with Crippen LogP contribution in [-0.2, 0) is 16.4 Å². The van der Waals surface area contributed by atoms with E-state index in [2.05, 4.69) is 4.98 Å². The first-order chi connectivity index (χ1) is 14.7. The van der Waals surface area contributed by atoms with Gasteiger partial charge in [-0.2, -0.15) is 4.31 Å². The van der Waals surface area contributed by atoms with Gasteiger partial charge in [0.15, 0.2) is 0 Å². The molecule has 1 saturated heterocycles. The Morgan fingerprint density at radius 1 is 1.10 bits per heavy atom. The summed E-state index contributed by atoms with van der Waals surface area (Å²) in [6.07, 6.45) is 2.85. The normalized spacial score (nSPS) is 23.7. The Balaban J connectivity index is 1.29. The SMILES string of the molecule is CC1CCc2[nH]c(=O)ccc2C(=O)N1C1CC2(C1)CN(S(=O)(=O)c1ccccc1F)C2. The molecule has 1 unspecified atom stereocenters. The summed E-state index contributed by atoms with van der Waals surface area (Å²) in [5.74, 6) is -0.818. The molecule has 1 atom stereocenters. The Hall–Kier alpha value is -2.52. The summed E-state index contributed by atoms with van der Waals surface area (Å²) < 4.78 is 40.8. The van der Waals surface area contributed by atoms with Gasteiger partial charge in [0.25, 0.3) is 5.91 Å². The molecule has 2 fully saturated rings. The number of rotatable bonds is 3. The van der Waals surface area contributed by atoms with Crippen molar-refractivity contribution in [1.29, 1.82) is 0 Å². The van der Waals surface area contributed by atoms with E-state index in [1.54, 1.807) is 6.07 Å². The number of halogens is 1. The first-order valence-electron chi connectivity index (χ1n) is 10.5. The lowest BCUT2D eigenvalue weighted by Crippen LogP contribution is -2.68. The summed E-state index contributed by atoms with van der Waals surface area (Å²) >= 11 is 0. The van der Waals surface area contributed by atoms with Crippen molar-refractivity contribution in [2.24, 2.45) is 5.41 Å². The number of benzene rings is 1. The van der Waals surface area contributed by atoms with Crippen LogP contribution in [0.4, 0.5) is 4.39 Å². The van der Waals surface area contributed by atoms with E-state index in [1.807, 2.05) is 11.8 Å². The Labute approximate surface area is 179 Å². The van der Waals surface area contributed by atoms with E-state index < -0.39 is 15.8 Å². The first-order valence-corrected chi connectivity index (χ1v) is 11.9. The fourth-order valence-corrected chi connectivity index (χ4v) is 7.06. The number of aromatic nitrogens is 1. The van der Waals surface area contributed by atoms with Gasteiger partial charge in [-0.25, -0.2) is 12.8 Å². The van der Waals surface area contributed by atoms with E-state index in [0.29, 0.717) is 30.8 Å². The molecule has 9 heteroatoms. The van der Waals surface area contributed by atoms with Gasteiger partial charge in [0.05, 0.1) is 5.56 Å². The second-order valence-corrected chi connectivity index (χ2v) is 11.0. The Morgan fingerprint density at radius 3 is 2.52 bits per heavy atom. The number of carbonyl (C=O) groups excluding carboxylic acids is 1. The number of hydrogen-bond acceptors (Lipinski definition) is 4. The average Bonchev–Trinajstić information content (AvgIpc) is 2.77. The largest absolute Gasteiger partial charge is 0.333 e. The Kier molecular flexibility index (Phi) is 4.60. The topological polar surface area (TPSA) is 90.6 Å². The van der Waals surface area contributed by atoms with E-state index in [0.717, 1.165) is 25.3 Å². The molecular formula is C22H24FN3O4S. The molecule has 1 aromatic heterocycles. The third-order valence-electron chi connectivity index (χ3n) is 6.96. The molecule has 31 heavy (non-hydrogen) atoms. The molecule has 1 aliphatic carbocycles. The Morgan fingerprint density at radius 2 is 1.81 bits per heavy atom. The third kappa shape index (κ3) is 3.22. The zero-order valence-electron chi connectivity index (χ0n) is 17.2. The quantitative estimate of drug-likeness (QED) is 0.784. The predicted molar refractivity (Wildman–Crippen MR) is 112 cm³/mol. The van der Waals surface area contributed by atoms with Gasteiger partial charge in [0.1, 0.15) is 10.7 Å². The molecule has 1 amide bonds. The minimum absolute atomic E-state index is 0.0316. The van der Waals surface area contributed by atoms with Crippen molar-refractivity contribution in [3.8, 4) is 0 Å². The average molecular weight is 446 g/mol. The molecule has 3 heterocycles. The molecule has 2 aromatic rings. The molecular weight excluding hydrogens is 421 g/mol. The van der Waals surface area contributed by atoms with Crippen molar-refractivity contribution >= 4 is 15.9 Å². The molecule has 0 radical (unpaired) electrons. The van der Waals surface area contributed by atoms with E-state index in [4.69, 9.17) is 0 Å². The maximum Gasteiger partial charge on any atom is 0.256 e. The summed E-state index contributed by atoms with van der Waals surface area (Å²) in [4.78, 5) is 29.3. The summed E-state index contributed by atoms with van der Waals surface area (Å²) in [5, 5.41) is 0. The van der Waals surface area contributed by atoms with Gasteiger partial charge >= 0.3 is 0 Å². The smallest absolute Gasteiger partial charge is 0.256 e. The third-order valence-corrected chi connectivity index (χ3v) is 8.79. The number of aromatic amines is 1. The van der Waals surface area contributed by atoms with Gasteiger partial charge in [-0.3, -0.25) is 9.59 Å². The number of fused-ring (bicyclic) bond motifs is 1. The van der Waals surface area contributed by atoms with Gasteiger partial charge in [0, 0.05) is 42.3 Å². The van der Waals surface area contributed by atoms with E-state index in [1.165, 1.54) is 28.6 Å². The second kappa shape index (κ2) is 7.00. The van der Waals surface area contributed by atoms with Gasteiger partial charge in [0.2, 0.25) is 15.6 Å². The Bertz CT molecular complexity index is 1210. The maximum atomic E-state index is 14.0. The predicted octanol–water partition coefficient (Wildman–Crippen LogP) is 2.14. The number of carbonyl (C=O) groups is 1. The van der Waals surface area contributed by atoms with Crippen LogP contribution in [0.25, 0.3) is 0 Å². The molecule has 3 aliphatic rings. The van der Waals surface area contributed by atoms with Crippen LogP contribution in [0.3, 0.4) is 0 Å². The van der Waals surface area contributed by atoms with E-state index in [-0.39, 0.29) is 33.9 Å². The molecule has 1 aromatic carbocycles. The highest BCUT2D eigenvalue weighted by Gasteiger charge is 2.58. The van der Waals surface area contributed by atoms with Crippen LogP contribution < -0.4 is 5.56 Å². The van der Waals surface area contributed by atoms with Gasteiger partial charge in [-0.05, 0) is 50.8 Å². The zero-order chi connectivity index (χ0) is 22.0. The van der Waals surface area contributed by atoms with Crippen LogP contribution in [0.5, 0.6) is 0 Å². The second-order valence-electron chi connectivity index (χ2n) is 9.08. The van der Waals surface area contributed by atoms with Crippen molar-refractivity contribution in [3.63, 3.8) is 0 Å². The summed E-state index contributed by atoms with van der Waals surface area (Å²) in [6.45, 7) is 2.71. The van der Waals surface area contributed by atoms with Crippen molar-refractivity contribution in [3.05, 3.63) is 63.8 Å². The lowest BCUT2D eigenvalue weighted by molar-refractivity contribution is -0.0740. The van der Waals surface area contributed by atoms with Crippen LogP contribution in [0.15, 0.2) is 46.1 Å². The highest BCUT2D eigenvalue weighted by atomic mass is 32.2. The van der Waals surface area contributed by atoms with Crippen molar-refractivity contribution in [1.82, 2.24) is 14.2 Å². The summed E-state index contributed by atoms with van der Waals surface area (Å²) in [5.41, 5.74) is 0.873. The number of nitrogens with zero attached hydrogens (tertiary/aromatic N) is 2. The van der Waals surface area contributed by atoms with Crippen LogP contribution in [0, 0.1) is 11.2 Å². The van der Waals surface area contributed by atoms with Crippen molar-refractivity contribution < 1.29 is 17.6 Å². The molecule has 7 nitrogen and oxygen atoms in total. The van der Waals surface area contributed by atoms with E-state index >= 15 is 0 Å². The van der Waals surface area contributed by atoms with Crippen LogP contribution in [-0.4, -0.2) is 53.7 Å². The monoisotopic (exact) mass is 445 g/mol. The lowest BCUT2D eigenvalue weighted by Gasteiger charge is -2.60. The maximum absolute atomic E-state index is 14.0. The number of pyridine rings is 1. The van der Waals surface area contributed by atoms with E-state index in [9.17, 15) is 22.4 Å². The highest BCUT2D eigenvalue weighted by molar-refractivity contribution is 7.89. The number of amides is 1. The molecule has 0 bridgehead atoms. The van der Waals surface area contributed by atoms with Crippen LogP contribution in [0.2, 0.25) is 0 Å². The molecule has 5 rings (SSSR count). The van der Waals surface area contributed by atoms with Crippen molar-refractivity contribution in [2.75, 3.05) is 13.1 Å². The fraction of sp³-hybridized carbons (Fsp3) is 0.455. The van der Waals surface area contributed by atoms with Gasteiger partial charge < -0.3 is 9.88 Å². The van der Waals surface area contributed by atoms with Crippen LogP contribution >= 0.6 is 0 Å². The molecule has 2 aliphatic heterocycles.